The van der Waals surface area contributed by atoms with Gasteiger partial charge in [0.15, 0.2) is 0 Å². The fraction of sp³-hybridized carbons (Fsp3) is 0.850. The third-order valence-corrected chi connectivity index (χ3v) is 4.68. The molecule has 0 spiro atoms. The Morgan fingerprint density at radius 3 is 2.24 bits per heavy atom. The molecule has 0 aliphatic carbocycles. The first-order valence-corrected chi connectivity index (χ1v) is 9.66. The van der Waals surface area contributed by atoms with Crippen LogP contribution >= 0.6 is 0 Å². The van der Waals surface area contributed by atoms with E-state index in [2.05, 4.69) is 6.92 Å². The Bertz CT molecular complexity index is 378. The van der Waals surface area contributed by atoms with Gasteiger partial charge >= 0.3 is 5.97 Å². The molecule has 0 amide bonds. The van der Waals surface area contributed by atoms with Gasteiger partial charge in [0.25, 0.3) is 0 Å². The van der Waals surface area contributed by atoms with Gasteiger partial charge in [0.1, 0.15) is 12.2 Å². The van der Waals surface area contributed by atoms with Crippen molar-refractivity contribution >= 4 is 5.97 Å². The Morgan fingerprint density at radius 1 is 1.00 bits per heavy atom. The van der Waals surface area contributed by atoms with Gasteiger partial charge in [-0.25, -0.2) is 0 Å². The Kier molecular flexibility index (Phi) is 12.8. The highest BCUT2D eigenvalue weighted by Crippen LogP contribution is 2.24. The van der Waals surface area contributed by atoms with Crippen LogP contribution in [0.5, 0.6) is 0 Å². The number of aliphatic hydroxyl groups is 3. The molecule has 0 saturated carbocycles. The smallest absolute Gasteiger partial charge is 0.309 e. The van der Waals surface area contributed by atoms with Crippen molar-refractivity contribution in [2.75, 3.05) is 0 Å². The summed E-state index contributed by atoms with van der Waals surface area (Å²) in [7, 11) is 0. The maximum absolute atomic E-state index is 11.0. The summed E-state index contributed by atoms with van der Waals surface area (Å²) in [5, 5.41) is 38.6. The van der Waals surface area contributed by atoms with Gasteiger partial charge in [-0.1, -0.05) is 57.6 Å². The van der Waals surface area contributed by atoms with Gasteiger partial charge in [0, 0.05) is 0 Å². The lowest BCUT2D eigenvalue weighted by atomic mass is 9.87. The molecule has 0 aromatic carbocycles. The molecule has 148 valence electrons. The summed E-state index contributed by atoms with van der Waals surface area (Å²) >= 11 is 0. The number of aliphatic hydroxyl groups excluding tert-OH is 3. The number of carboxylic acid groups (broad SMARTS) is 1. The van der Waals surface area contributed by atoms with Crippen molar-refractivity contribution in [2.24, 2.45) is 5.41 Å². The molecular formula is C20H38O5. The standard InChI is InChI=1S/C20H38O5/c1-4-5-10-13-16(21)18(23)17(22)14-11-8-6-7-9-12-15-20(2,3)19(24)25/h11,14,16-18,21-23H,4-10,12-13,15H2,1-3H3,(H,24,25)/b14-11-. The summed E-state index contributed by atoms with van der Waals surface area (Å²) < 4.78 is 0. The van der Waals surface area contributed by atoms with Crippen molar-refractivity contribution in [2.45, 2.75) is 103 Å². The van der Waals surface area contributed by atoms with Crippen LogP contribution in [-0.2, 0) is 4.79 Å². The maximum Gasteiger partial charge on any atom is 0.309 e. The van der Waals surface area contributed by atoms with Gasteiger partial charge < -0.3 is 20.4 Å². The fourth-order valence-corrected chi connectivity index (χ4v) is 2.64. The van der Waals surface area contributed by atoms with Gasteiger partial charge in [0.05, 0.1) is 11.5 Å². The Morgan fingerprint density at radius 2 is 1.64 bits per heavy atom. The van der Waals surface area contributed by atoms with Crippen molar-refractivity contribution < 1.29 is 25.2 Å². The lowest BCUT2D eigenvalue weighted by molar-refractivity contribution is -0.147. The zero-order chi connectivity index (χ0) is 19.3. The van der Waals surface area contributed by atoms with Crippen molar-refractivity contribution in [3.63, 3.8) is 0 Å². The van der Waals surface area contributed by atoms with Gasteiger partial charge in [-0.05, 0) is 39.5 Å². The van der Waals surface area contributed by atoms with E-state index in [4.69, 9.17) is 5.11 Å². The summed E-state index contributed by atoms with van der Waals surface area (Å²) in [6.07, 6.45) is 9.12. The first kappa shape index (κ1) is 24.1. The molecule has 0 heterocycles. The normalized spacial score (nSPS) is 16.1. The molecule has 0 bridgehead atoms. The molecular weight excluding hydrogens is 320 g/mol. The lowest BCUT2D eigenvalue weighted by Crippen LogP contribution is -2.36. The Balaban J connectivity index is 3.81. The molecule has 4 N–H and O–H groups in total. The number of hydrogen-bond acceptors (Lipinski definition) is 4. The van der Waals surface area contributed by atoms with Crippen LogP contribution in [0.4, 0.5) is 0 Å². The molecule has 0 aliphatic heterocycles. The number of allylic oxidation sites excluding steroid dienone is 1. The molecule has 0 fully saturated rings. The summed E-state index contributed by atoms with van der Waals surface area (Å²) in [4.78, 5) is 11.0. The number of unbranched alkanes of at least 4 members (excludes halogenated alkanes) is 6. The first-order chi connectivity index (χ1) is 11.7. The third-order valence-electron chi connectivity index (χ3n) is 4.68. The highest BCUT2D eigenvalue weighted by Gasteiger charge is 2.26. The second-order valence-electron chi connectivity index (χ2n) is 7.61. The Hall–Kier alpha value is -0.910. The average Bonchev–Trinajstić information content (AvgIpc) is 2.56. The minimum atomic E-state index is -1.13. The second kappa shape index (κ2) is 13.3. The maximum atomic E-state index is 11.0. The van der Waals surface area contributed by atoms with E-state index in [1.54, 1.807) is 19.9 Å². The zero-order valence-electron chi connectivity index (χ0n) is 16.2. The van der Waals surface area contributed by atoms with E-state index in [1.807, 2.05) is 6.08 Å². The summed E-state index contributed by atoms with van der Waals surface area (Å²) in [5.41, 5.74) is -0.655. The van der Waals surface area contributed by atoms with Gasteiger partial charge in [-0.2, -0.15) is 0 Å². The number of carbonyl (C=O) groups is 1. The summed E-state index contributed by atoms with van der Waals surface area (Å²) in [6, 6.07) is 0. The molecule has 5 nitrogen and oxygen atoms in total. The van der Waals surface area contributed by atoms with E-state index in [1.165, 1.54) is 0 Å². The minimum Gasteiger partial charge on any atom is -0.481 e. The van der Waals surface area contributed by atoms with Crippen LogP contribution in [-0.4, -0.2) is 44.7 Å². The molecule has 5 heteroatoms. The van der Waals surface area contributed by atoms with Crippen LogP contribution < -0.4 is 0 Å². The predicted octanol–water partition coefficient (Wildman–Crippen LogP) is 3.66. The van der Waals surface area contributed by atoms with Crippen LogP contribution in [0.1, 0.15) is 85.0 Å². The zero-order valence-corrected chi connectivity index (χ0v) is 16.2. The van der Waals surface area contributed by atoms with Gasteiger partial charge in [-0.15, -0.1) is 0 Å². The van der Waals surface area contributed by atoms with E-state index in [0.29, 0.717) is 12.8 Å². The van der Waals surface area contributed by atoms with Crippen LogP contribution in [0.15, 0.2) is 12.2 Å². The number of hydrogen-bond donors (Lipinski definition) is 4. The minimum absolute atomic E-state index is 0.507. The van der Waals surface area contributed by atoms with Crippen LogP contribution in [0.25, 0.3) is 0 Å². The molecule has 0 rings (SSSR count). The van der Waals surface area contributed by atoms with Crippen molar-refractivity contribution in [3.05, 3.63) is 12.2 Å². The van der Waals surface area contributed by atoms with Crippen LogP contribution in [0.2, 0.25) is 0 Å². The van der Waals surface area contributed by atoms with Gasteiger partial charge in [0.2, 0.25) is 0 Å². The van der Waals surface area contributed by atoms with E-state index >= 15 is 0 Å². The van der Waals surface area contributed by atoms with Gasteiger partial charge in [-0.3, -0.25) is 4.79 Å². The molecule has 0 aliphatic rings. The number of rotatable bonds is 15. The molecule has 0 aromatic heterocycles. The fourth-order valence-electron chi connectivity index (χ4n) is 2.64. The molecule has 3 unspecified atom stereocenters. The quantitative estimate of drug-likeness (QED) is 0.264. The third kappa shape index (κ3) is 11.3. The largest absolute Gasteiger partial charge is 0.481 e. The average molecular weight is 359 g/mol. The van der Waals surface area contributed by atoms with Crippen molar-refractivity contribution in [1.82, 2.24) is 0 Å². The van der Waals surface area contributed by atoms with Crippen molar-refractivity contribution in [3.8, 4) is 0 Å². The highest BCUT2D eigenvalue weighted by atomic mass is 16.4. The lowest BCUT2D eigenvalue weighted by Gasteiger charge is -2.20. The summed E-state index contributed by atoms with van der Waals surface area (Å²) in [6.45, 7) is 5.58. The van der Waals surface area contributed by atoms with Crippen molar-refractivity contribution in [1.29, 1.82) is 0 Å². The second-order valence-corrected chi connectivity index (χ2v) is 7.61. The van der Waals surface area contributed by atoms with E-state index in [0.717, 1.165) is 51.4 Å². The van der Waals surface area contributed by atoms with E-state index < -0.39 is 29.7 Å². The van der Waals surface area contributed by atoms with E-state index in [-0.39, 0.29) is 0 Å². The highest BCUT2D eigenvalue weighted by molar-refractivity contribution is 5.73. The molecule has 0 aromatic rings. The molecule has 0 saturated heterocycles. The number of aliphatic carboxylic acids is 1. The molecule has 25 heavy (non-hydrogen) atoms. The number of carboxylic acids is 1. The van der Waals surface area contributed by atoms with Crippen LogP contribution in [0.3, 0.4) is 0 Å². The summed E-state index contributed by atoms with van der Waals surface area (Å²) in [5.74, 6) is -0.750. The molecule has 3 atom stereocenters. The van der Waals surface area contributed by atoms with E-state index in [9.17, 15) is 20.1 Å². The Labute approximate surface area is 152 Å². The predicted molar refractivity (Wildman–Crippen MR) is 100 cm³/mol. The monoisotopic (exact) mass is 358 g/mol. The van der Waals surface area contributed by atoms with Crippen LogP contribution in [0, 0.1) is 5.41 Å². The SMILES string of the molecule is CCCCCC(O)C(O)C(O)/C=C\CCCCCCC(C)(C)C(=O)O. The molecule has 0 radical (unpaired) electrons. The topological polar surface area (TPSA) is 98.0 Å². The first-order valence-electron chi connectivity index (χ1n) is 9.66.